The number of nitrogens with zero attached hydrogens (tertiary/aromatic N) is 1. The molecular formula is C14H16ClN3O2. The van der Waals surface area contributed by atoms with Crippen molar-refractivity contribution >= 4 is 17.4 Å². The van der Waals surface area contributed by atoms with Crippen molar-refractivity contribution in [3.63, 3.8) is 0 Å². The first-order chi connectivity index (χ1) is 9.69. The van der Waals surface area contributed by atoms with Gasteiger partial charge < -0.3 is 15.2 Å². The van der Waals surface area contributed by atoms with E-state index in [9.17, 15) is 0 Å². The average molecular weight is 294 g/mol. The van der Waals surface area contributed by atoms with Gasteiger partial charge in [0.1, 0.15) is 5.82 Å². The normalized spacial score (nSPS) is 14.3. The Hall–Kier alpha value is -1.88. The van der Waals surface area contributed by atoms with Gasteiger partial charge in [0.25, 0.3) is 0 Å². The van der Waals surface area contributed by atoms with E-state index in [1.54, 1.807) is 13.3 Å². The van der Waals surface area contributed by atoms with E-state index in [1.165, 1.54) is 12.8 Å². The lowest BCUT2D eigenvalue weighted by atomic mass is 10.1. The van der Waals surface area contributed by atoms with Crippen LogP contribution in [0, 0.1) is 5.92 Å². The number of nitrogens with one attached hydrogen (secondary N) is 1. The van der Waals surface area contributed by atoms with Crippen LogP contribution in [0.1, 0.15) is 12.8 Å². The van der Waals surface area contributed by atoms with Gasteiger partial charge in [-0.05, 0) is 36.5 Å². The molecule has 5 nitrogen and oxygen atoms in total. The van der Waals surface area contributed by atoms with Crippen LogP contribution in [-0.2, 0) is 0 Å². The van der Waals surface area contributed by atoms with E-state index in [2.05, 4.69) is 10.2 Å². The Balaban J connectivity index is 1.94. The fourth-order valence-electron chi connectivity index (χ4n) is 2.03. The molecule has 0 bridgehead atoms. The van der Waals surface area contributed by atoms with Gasteiger partial charge in [-0.3, -0.25) is 5.10 Å². The Bertz CT molecular complexity index is 623. The number of nitrogens with two attached hydrogens (primary N) is 1. The van der Waals surface area contributed by atoms with E-state index in [0.29, 0.717) is 34.9 Å². The molecule has 0 radical (unpaired) electrons. The first kappa shape index (κ1) is 13.1. The van der Waals surface area contributed by atoms with E-state index < -0.39 is 0 Å². The minimum Gasteiger partial charge on any atom is -0.493 e. The molecule has 0 aliphatic heterocycles. The summed E-state index contributed by atoms with van der Waals surface area (Å²) in [4.78, 5) is 0. The number of anilines is 1. The monoisotopic (exact) mass is 293 g/mol. The number of aromatic nitrogens is 2. The number of hydrogen-bond acceptors (Lipinski definition) is 4. The van der Waals surface area contributed by atoms with Crippen LogP contribution in [0.25, 0.3) is 11.1 Å². The Morgan fingerprint density at radius 2 is 2.25 bits per heavy atom. The molecule has 0 spiro atoms. The average Bonchev–Trinajstić information content (AvgIpc) is 3.17. The van der Waals surface area contributed by atoms with Crippen molar-refractivity contribution < 1.29 is 9.47 Å². The Labute approximate surface area is 122 Å². The van der Waals surface area contributed by atoms with Crippen LogP contribution in [0.4, 0.5) is 5.82 Å². The summed E-state index contributed by atoms with van der Waals surface area (Å²) in [5, 5.41) is 7.12. The van der Waals surface area contributed by atoms with Gasteiger partial charge in [0.05, 0.1) is 24.9 Å². The lowest BCUT2D eigenvalue weighted by Gasteiger charge is -2.13. The molecule has 0 unspecified atom stereocenters. The van der Waals surface area contributed by atoms with Crippen LogP contribution in [0.15, 0.2) is 18.3 Å². The van der Waals surface area contributed by atoms with E-state index in [1.807, 2.05) is 12.1 Å². The summed E-state index contributed by atoms with van der Waals surface area (Å²) in [5.41, 5.74) is 7.46. The second-order valence-electron chi connectivity index (χ2n) is 4.94. The minimum atomic E-state index is 0.495. The zero-order chi connectivity index (χ0) is 14.1. The first-order valence-electron chi connectivity index (χ1n) is 6.48. The molecular weight excluding hydrogens is 278 g/mol. The van der Waals surface area contributed by atoms with Gasteiger partial charge in [-0.15, -0.1) is 0 Å². The van der Waals surface area contributed by atoms with Crippen molar-refractivity contribution in [3.8, 4) is 22.6 Å². The van der Waals surface area contributed by atoms with Gasteiger partial charge in [-0.2, -0.15) is 5.10 Å². The standard InChI is InChI=1S/C14H16ClN3O2/c1-19-12-5-9(10-6-17-18-14(10)16)4-11(15)13(12)20-7-8-2-3-8/h4-6,8H,2-3,7H2,1H3,(H3,16,17,18). The number of methoxy groups -OCH3 is 1. The van der Waals surface area contributed by atoms with E-state index in [-0.39, 0.29) is 0 Å². The number of rotatable bonds is 5. The van der Waals surface area contributed by atoms with Crippen LogP contribution < -0.4 is 15.2 Å². The van der Waals surface area contributed by atoms with Crippen LogP contribution in [-0.4, -0.2) is 23.9 Å². The SMILES string of the molecule is COc1cc(-c2cn[nH]c2N)cc(Cl)c1OCC1CC1. The third-order valence-corrected chi connectivity index (χ3v) is 3.65. The van der Waals surface area contributed by atoms with E-state index in [4.69, 9.17) is 26.8 Å². The molecule has 3 rings (SSSR count). The third kappa shape index (κ3) is 2.54. The first-order valence-corrected chi connectivity index (χ1v) is 6.86. The maximum absolute atomic E-state index is 6.31. The molecule has 0 atom stereocenters. The zero-order valence-electron chi connectivity index (χ0n) is 11.1. The van der Waals surface area contributed by atoms with Gasteiger partial charge in [-0.1, -0.05) is 11.6 Å². The summed E-state index contributed by atoms with van der Waals surface area (Å²) >= 11 is 6.31. The van der Waals surface area contributed by atoms with Gasteiger partial charge >= 0.3 is 0 Å². The second kappa shape index (κ2) is 5.25. The largest absolute Gasteiger partial charge is 0.493 e. The van der Waals surface area contributed by atoms with Crippen molar-refractivity contribution in [2.75, 3.05) is 19.5 Å². The van der Waals surface area contributed by atoms with Crippen LogP contribution in [0.2, 0.25) is 5.02 Å². The number of H-pyrrole nitrogens is 1. The van der Waals surface area contributed by atoms with Gasteiger partial charge in [-0.25, -0.2) is 0 Å². The quantitative estimate of drug-likeness (QED) is 0.888. The van der Waals surface area contributed by atoms with Crippen molar-refractivity contribution in [2.24, 2.45) is 5.92 Å². The summed E-state index contributed by atoms with van der Waals surface area (Å²) in [7, 11) is 1.60. The van der Waals surface area contributed by atoms with Crippen molar-refractivity contribution in [1.82, 2.24) is 10.2 Å². The molecule has 106 valence electrons. The minimum absolute atomic E-state index is 0.495. The molecule has 1 aliphatic rings. The predicted molar refractivity (Wildman–Crippen MR) is 78.2 cm³/mol. The molecule has 2 aromatic rings. The second-order valence-corrected chi connectivity index (χ2v) is 5.35. The summed E-state index contributed by atoms with van der Waals surface area (Å²) in [6, 6.07) is 3.67. The highest BCUT2D eigenvalue weighted by atomic mass is 35.5. The molecule has 0 amide bonds. The number of nitrogen functional groups attached to an aromatic ring is 1. The number of hydrogen-bond donors (Lipinski definition) is 2. The van der Waals surface area contributed by atoms with Gasteiger partial charge in [0, 0.05) is 5.56 Å². The van der Waals surface area contributed by atoms with Crippen molar-refractivity contribution in [2.45, 2.75) is 12.8 Å². The van der Waals surface area contributed by atoms with E-state index in [0.717, 1.165) is 11.1 Å². The molecule has 3 N–H and O–H groups in total. The highest BCUT2D eigenvalue weighted by molar-refractivity contribution is 6.32. The molecule has 20 heavy (non-hydrogen) atoms. The molecule has 1 fully saturated rings. The smallest absolute Gasteiger partial charge is 0.179 e. The summed E-state index contributed by atoms with van der Waals surface area (Å²) < 4.78 is 11.2. The Morgan fingerprint density at radius 1 is 1.45 bits per heavy atom. The molecule has 1 saturated carbocycles. The van der Waals surface area contributed by atoms with Gasteiger partial charge in [0.15, 0.2) is 11.5 Å². The van der Waals surface area contributed by atoms with Crippen molar-refractivity contribution in [3.05, 3.63) is 23.4 Å². The fraction of sp³-hybridized carbons (Fsp3) is 0.357. The van der Waals surface area contributed by atoms with E-state index >= 15 is 0 Å². The highest BCUT2D eigenvalue weighted by Gasteiger charge is 2.23. The van der Waals surface area contributed by atoms with Crippen molar-refractivity contribution in [1.29, 1.82) is 0 Å². The maximum Gasteiger partial charge on any atom is 0.179 e. The molecule has 1 aromatic heterocycles. The molecule has 1 heterocycles. The van der Waals surface area contributed by atoms with Gasteiger partial charge in [0.2, 0.25) is 0 Å². The zero-order valence-corrected chi connectivity index (χ0v) is 11.9. The Kier molecular flexibility index (Phi) is 3.44. The highest BCUT2D eigenvalue weighted by Crippen LogP contribution is 2.41. The molecule has 1 aliphatic carbocycles. The molecule has 6 heteroatoms. The summed E-state index contributed by atoms with van der Waals surface area (Å²) in [6.07, 6.45) is 4.11. The number of aromatic amines is 1. The topological polar surface area (TPSA) is 73.2 Å². The van der Waals surface area contributed by atoms with Crippen LogP contribution in [0.3, 0.4) is 0 Å². The maximum atomic E-state index is 6.31. The van der Waals surface area contributed by atoms with Crippen LogP contribution in [0.5, 0.6) is 11.5 Å². The molecule has 1 aromatic carbocycles. The molecule has 0 saturated heterocycles. The van der Waals surface area contributed by atoms with Crippen LogP contribution >= 0.6 is 11.6 Å². The fourth-order valence-corrected chi connectivity index (χ4v) is 2.29. The summed E-state index contributed by atoms with van der Waals surface area (Å²) in [5.74, 6) is 2.34. The number of benzene rings is 1. The predicted octanol–water partition coefficient (Wildman–Crippen LogP) is 3.11. The Morgan fingerprint density at radius 3 is 2.85 bits per heavy atom. The lowest BCUT2D eigenvalue weighted by Crippen LogP contribution is -2.02. The number of ether oxygens (including phenoxy) is 2. The lowest BCUT2D eigenvalue weighted by molar-refractivity contribution is 0.280. The third-order valence-electron chi connectivity index (χ3n) is 3.37. The number of halogens is 1. The summed E-state index contributed by atoms with van der Waals surface area (Å²) in [6.45, 7) is 0.684.